The third-order valence-electron chi connectivity index (χ3n) is 6.31. The monoisotopic (exact) mass is 431 g/mol. The maximum atomic E-state index is 12.4. The number of aromatic nitrogens is 2. The van der Waals surface area contributed by atoms with Crippen LogP contribution in [0.1, 0.15) is 43.2 Å². The zero-order chi connectivity index (χ0) is 22.5. The molecule has 0 atom stereocenters. The van der Waals surface area contributed by atoms with E-state index in [1.165, 1.54) is 11.1 Å². The van der Waals surface area contributed by atoms with Crippen LogP contribution in [-0.4, -0.2) is 42.1 Å². The molecule has 3 aromatic rings. The highest BCUT2D eigenvalue weighted by molar-refractivity contribution is 5.90. The summed E-state index contributed by atoms with van der Waals surface area (Å²) in [6, 6.07) is 17.0. The van der Waals surface area contributed by atoms with E-state index in [0.717, 1.165) is 48.8 Å². The van der Waals surface area contributed by atoms with E-state index >= 15 is 0 Å². The van der Waals surface area contributed by atoms with Crippen molar-refractivity contribution in [1.29, 1.82) is 0 Å². The van der Waals surface area contributed by atoms with Gasteiger partial charge in [-0.15, -0.1) is 0 Å². The zero-order valence-electron chi connectivity index (χ0n) is 19.3. The minimum atomic E-state index is 0.151. The molecule has 0 unspecified atom stereocenters. The van der Waals surface area contributed by atoms with Crippen LogP contribution in [0.5, 0.6) is 0 Å². The molecule has 2 aromatic carbocycles. The summed E-state index contributed by atoms with van der Waals surface area (Å²) >= 11 is 0. The van der Waals surface area contributed by atoms with Gasteiger partial charge in [-0.25, -0.2) is 4.98 Å². The van der Waals surface area contributed by atoms with Gasteiger partial charge in [0.05, 0.1) is 5.52 Å². The Balaban J connectivity index is 1.29. The number of carbonyl (C=O) groups excluding carboxylic acids is 1. The molecule has 168 valence electrons. The fraction of sp³-hybridized carbons (Fsp3) is 0.423. The SMILES string of the molecule is Cc1ccccc1CCC(=O)NC1CCC(Nc2nc(N(C)C)c3ccccc3n2)CC1. The van der Waals surface area contributed by atoms with E-state index in [0.29, 0.717) is 18.4 Å². The molecule has 1 aromatic heterocycles. The molecule has 0 bridgehead atoms. The number of anilines is 2. The van der Waals surface area contributed by atoms with E-state index < -0.39 is 0 Å². The molecule has 0 aliphatic heterocycles. The number of amides is 1. The maximum Gasteiger partial charge on any atom is 0.225 e. The number of rotatable bonds is 7. The van der Waals surface area contributed by atoms with Crippen molar-refractivity contribution < 1.29 is 4.79 Å². The van der Waals surface area contributed by atoms with Crippen LogP contribution in [0.15, 0.2) is 48.5 Å². The lowest BCUT2D eigenvalue weighted by atomic mass is 9.91. The standard InChI is InChI=1S/C26H33N5O/c1-18-8-4-5-9-19(18)12-17-24(32)27-20-13-15-21(16-14-20)28-26-29-23-11-7-6-10-22(23)25(30-26)31(2)3/h4-11,20-21H,12-17H2,1-3H3,(H,27,32)(H,28,29,30). The molecule has 4 rings (SSSR count). The Morgan fingerprint density at radius 1 is 0.969 bits per heavy atom. The fourth-order valence-electron chi connectivity index (χ4n) is 4.47. The number of nitrogens with zero attached hydrogens (tertiary/aromatic N) is 3. The van der Waals surface area contributed by atoms with E-state index in [9.17, 15) is 4.79 Å². The third-order valence-corrected chi connectivity index (χ3v) is 6.31. The van der Waals surface area contributed by atoms with Gasteiger partial charge in [0.15, 0.2) is 0 Å². The summed E-state index contributed by atoms with van der Waals surface area (Å²) in [5, 5.41) is 7.83. The van der Waals surface area contributed by atoms with Gasteiger partial charge in [-0.05, 0) is 62.3 Å². The highest BCUT2D eigenvalue weighted by Gasteiger charge is 2.23. The van der Waals surface area contributed by atoms with Crippen LogP contribution >= 0.6 is 0 Å². The average molecular weight is 432 g/mol. The lowest BCUT2D eigenvalue weighted by Gasteiger charge is -2.30. The molecule has 1 heterocycles. The molecule has 0 radical (unpaired) electrons. The lowest BCUT2D eigenvalue weighted by molar-refractivity contribution is -0.122. The Morgan fingerprint density at radius 3 is 2.41 bits per heavy atom. The van der Waals surface area contributed by atoms with Gasteiger partial charge in [0.25, 0.3) is 0 Å². The molecule has 1 fully saturated rings. The van der Waals surface area contributed by atoms with Crippen molar-refractivity contribution in [3.63, 3.8) is 0 Å². The second-order valence-corrected chi connectivity index (χ2v) is 8.97. The molecule has 32 heavy (non-hydrogen) atoms. The van der Waals surface area contributed by atoms with Gasteiger partial charge in [0, 0.05) is 38.0 Å². The summed E-state index contributed by atoms with van der Waals surface area (Å²) in [6.07, 6.45) is 5.28. The number of para-hydroxylation sites is 1. The first-order valence-electron chi connectivity index (χ1n) is 11.5. The van der Waals surface area contributed by atoms with E-state index in [4.69, 9.17) is 9.97 Å². The van der Waals surface area contributed by atoms with Crippen molar-refractivity contribution in [2.45, 2.75) is 57.5 Å². The first-order valence-corrected chi connectivity index (χ1v) is 11.5. The Hall–Kier alpha value is -3.15. The second kappa shape index (κ2) is 9.98. The molecular weight excluding hydrogens is 398 g/mol. The number of nitrogens with one attached hydrogen (secondary N) is 2. The van der Waals surface area contributed by atoms with Crippen LogP contribution in [0.4, 0.5) is 11.8 Å². The van der Waals surface area contributed by atoms with Gasteiger partial charge in [0.1, 0.15) is 5.82 Å². The molecule has 0 saturated heterocycles. The predicted octanol–water partition coefficient (Wildman–Crippen LogP) is 4.48. The summed E-state index contributed by atoms with van der Waals surface area (Å²) in [6.45, 7) is 2.10. The average Bonchev–Trinajstić information content (AvgIpc) is 2.79. The first-order chi connectivity index (χ1) is 15.5. The highest BCUT2D eigenvalue weighted by Crippen LogP contribution is 2.26. The van der Waals surface area contributed by atoms with Gasteiger partial charge in [-0.2, -0.15) is 4.98 Å². The Morgan fingerprint density at radius 2 is 1.66 bits per heavy atom. The Labute approximate surface area is 190 Å². The number of carbonyl (C=O) groups is 1. The van der Waals surface area contributed by atoms with Gasteiger partial charge in [0.2, 0.25) is 11.9 Å². The zero-order valence-corrected chi connectivity index (χ0v) is 19.3. The molecule has 1 saturated carbocycles. The first kappa shape index (κ1) is 22.1. The summed E-state index contributed by atoms with van der Waals surface area (Å²) in [4.78, 5) is 23.9. The quantitative estimate of drug-likeness (QED) is 0.577. The maximum absolute atomic E-state index is 12.4. The van der Waals surface area contributed by atoms with Crippen LogP contribution < -0.4 is 15.5 Å². The largest absolute Gasteiger partial charge is 0.362 e. The van der Waals surface area contributed by atoms with Crippen molar-refractivity contribution in [1.82, 2.24) is 15.3 Å². The number of hydrogen-bond acceptors (Lipinski definition) is 5. The van der Waals surface area contributed by atoms with Crippen molar-refractivity contribution >= 4 is 28.6 Å². The minimum absolute atomic E-state index is 0.151. The van der Waals surface area contributed by atoms with E-state index in [1.807, 2.05) is 49.3 Å². The summed E-state index contributed by atoms with van der Waals surface area (Å²) in [7, 11) is 4.01. The predicted molar refractivity (Wildman–Crippen MR) is 131 cm³/mol. The molecule has 6 heteroatoms. The van der Waals surface area contributed by atoms with Gasteiger partial charge < -0.3 is 15.5 Å². The number of benzene rings is 2. The number of fused-ring (bicyclic) bond motifs is 1. The summed E-state index contributed by atoms with van der Waals surface area (Å²) in [5.41, 5.74) is 3.45. The van der Waals surface area contributed by atoms with Crippen molar-refractivity contribution in [2.75, 3.05) is 24.3 Å². The molecular formula is C26H33N5O. The minimum Gasteiger partial charge on any atom is -0.362 e. The molecule has 2 N–H and O–H groups in total. The van der Waals surface area contributed by atoms with Gasteiger partial charge in [-0.1, -0.05) is 36.4 Å². The molecule has 1 amide bonds. The van der Waals surface area contributed by atoms with Crippen LogP contribution in [-0.2, 0) is 11.2 Å². The van der Waals surface area contributed by atoms with Crippen LogP contribution in [0.3, 0.4) is 0 Å². The van der Waals surface area contributed by atoms with Crippen molar-refractivity contribution in [3.05, 3.63) is 59.7 Å². The molecule has 1 aliphatic carbocycles. The topological polar surface area (TPSA) is 70.2 Å². The van der Waals surface area contributed by atoms with E-state index in [2.05, 4.69) is 35.8 Å². The lowest BCUT2D eigenvalue weighted by Crippen LogP contribution is -2.40. The molecule has 0 spiro atoms. The Bertz CT molecular complexity index is 1070. The Kier molecular flexibility index (Phi) is 6.88. The fourth-order valence-corrected chi connectivity index (χ4v) is 4.47. The van der Waals surface area contributed by atoms with Crippen LogP contribution in [0.2, 0.25) is 0 Å². The van der Waals surface area contributed by atoms with Crippen LogP contribution in [0, 0.1) is 6.92 Å². The van der Waals surface area contributed by atoms with E-state index in [-0.39, 0.29) is 11.9 Å². The third kappa shape index (κ3) is 5.36. The van der Waals surface area contributed by atoms with E-state index in [1.54, 1.807) is 0 Å². The summed E-state index contributed by atoms with van der Waals surface area (Å²) < 4.78 is 0. The second-order valence-electron chi connectivity index (χ2n) is 8.97. The summed E-state index contributed by atoms with van der Waals surface area (Å²) in [5.74, 6) is 1.75. The van der Waals surface area contributed by atoms with Crippen molar-refractivity contribution in [2.24, 2.45) is 0 Å². The molecule has 6 nitrogen and oxygen atoms in total. The number of aryl methyl sites for hydroxylation is 2. The van der Waals surface area contributed by atoms with Crippen molar-refractivity contribution in [3.8, 4) is 0 Å². The smallest absolute Gasteiger partial charge is 0.225 e. The number of hydrogen-bond donors (Lipinski definition) is 2. The molecule has 1 aliphatic rings. The van der Waals surface area contributed by atoms with Gasteiger partial charge in [-0.3, -0.25) is 4.79 Å². The normalized spacial score (nSPS) is 18.3. The van der Waals surface area contributed by atoms with Crippen LogP contribution in [0.25, 0.3) is 10.9 Å². The van der Waals surface area contributed by atoms with Gasteiger partial charge >= 0.3 is 0 Å². The highest BCUT2D eigenvalue weighted by atomic mass is 16.1.